The fourth-order valence-corrected chi connectivity index (χ4v) is 0.393. The van der Waals surface area contributed by atoms with Crippen molar-refractivity contribution < 1.29 is 13.2 Å². The molecule has 0 unspecified atom stereocenters. The zero-order valence-corrected chi connectivity index (χ0v) is 5.42. The van der Waals surface area contributed by atoms with E-state index in [0.717, 1.165) is 0 Å². The lowest BCUT2D eigenvalue weighted by Crippen LogP contribution is -2.13. The minimum absolute atomic E-state index is 0.109. The summed E-state index contributed by atoms with van der Waals surface area (Å²) in [5.74, 6) is -1.21. The lowest BCUT2D eigenvalue weighted by atomic mass is 10.6. The number of aromatic nitrogens is 4. The van der Waals surface area contributed by atoms with Crippen molar-refractivity contribution in [3.63, 3.8) is 0 Å². The highest BCUT2D eigenvalue weighted by Crippen LogP contribution is 2.24. The zero-order valence-electron chi connectivity index (χ0n) is 5.42. The molecule has 7 heteroatoms. The maximum Gasteiger partial charge on any atom is 0.455 e. The molecule has 1 aromatic rings. The first-order valence-corrected chi connectivity index (χ1v) is 2.61. The van der Waals surface area contributed by atoms with E-state index >= 15 is 0 Å². The molecule has 0 aromatic carbocycles. The smallest absolute Gasteiger partial charge is 0.163 e. The van der Waals surface area contributed by atoms with Gasteiger partial charge in [-0.25, -0.2) is 0 Å². The lowest BCUT2D eigenvalue weighted by molar-refractivity contribution is -0.146. The molecule has 60 valence electrons. The van der Waals surface area contributed by atoms with E-state index in [1.807, 2.05) is 0 Å². The van der Waals surface area contributed by atoms with Crippen molar-refractivity contribution in [1.29, 1.82) is 0 Å². The van der Waals surface area contributed by atoms with E-state index in [2.05, 4.69) is 20.4 Å². The van der Waals surface area contributed by atoms with Gasteiger partial charge in [0, 0.05) is 0 Å². The third-order valence-electron chi connectivity index (χ3n) is 0.832. The van der Waals surface area contributed by atoms with Gasteiger partial charge >= 0.3 is 6.18 Å². The van der Waals surface area contributed by atoms with Crippen LogP contribution in [0.2, 0.25) is 0 Å². The van der Waals surface area contributed by atoms with Crippen LogP contribution < -0.4 is 0 Å². The fourth-order valence-electron chi connectivity index (χ4n) is 0.393. The minimum Gasteiger partial charge on any atom is -0.163 e. The Bertz CT molecular complexity index is 241. The maximum atomic E-state index is 11.7. The van der Waals surface area contributed by atoms with Crippen LogP contribution in [0.25, 0.3) is 0 Å². The Hall–Kier alpha value is -1.27. The van der Waals surface area contributed by atoms with E-state index in [1.54, 1.807) is 0 Å². The van der Waals surface area contributed by atoms with Crippen LogP contribution in [-0.4, -0.2) is 20.4 Å². The SMILES string of the molecule is Cc1nnc(C(F)(F)F)nn1. The lowest BCUT2D eigenvalue weighted by Gasteiger charge is -2.00. The average Bonchev–Trinajstić information content (AvgIpc) is 1.86. The van der Waals surface area contributed by atoms with E-state index in [4.69, 9.17) is 0 Å². The second kappa shape index (κ2) is 2.40. The zero-order chi connectivity index (χ0) is 8.48. The number of hydrogen-bond donors (Lipinski definition) is 0. The number of rotatable bonds is 0. The second-order valence-corrected chi connectivity index (χ2v) is 1.77. The summed E-state index contributed by atoms with van der Waals surface area (Å²) in [5.41, 5.74) is 0. The predicted molar refractivity (Wildman–Crippen MR) is 27.4 cm³/mol. The van der Waals surface area contributed by atoms with Crippen molar-refractivity contribution in [2.45, 2.75) is 13.1 Å². The van der Waals surface area contributed by atoms with E-state index < -0.39 is 12.0 Å². The van der Waals surface area contributed by atoms with Crippen LogP contribution in [0.15, 0.2) is 0 Å². The standard InChI is InChI=1S/C4H3F3N4/c1-2-8-10-3(11-9-2)4(5,6)7/h1H3. The highest BCUT2D eigenvalue weighted by Gasteiger charge is 2.35. The summed E-state index contributed by atoms with van der Waals surface area (Å²) < 4.78 is 35.1. The Morgan fingerprint density at radius 2 is 1.45 bits per heavy atom. The molecular formula is C4H3F3N4. The molecule has 1 heterocycles. The molecule has 0 bridgehead atoms. The highest BCUT2D eigenvalue weighted by atomic mass is 19.4. The summed E-state index contributed by atoms with van der Waals surface area (Å²) in [7, 11) is 0. The number of halogens is 3. The Morgan fingerprint density at radius 1 is 1.00 bits per heavy atom. The minimum atomic E-state index is -4.56. The van der Waals surface area contributed by atoms with Gasteiger partial charge in [0.25, 0.3) is 5.82 Å². The molecule has 0 aliphatic heterocycles. The number of nitrogens with zero attached hydrogens (tertiary/aromatic N) is 4. The predicted octanol–water partition coefficient (Wildman–Crippen LogP) is 0.594. The first kappa shape index (κ1) is 7.83. The van der Waals surface area contributed by atoms with E-state index in [0.29, 0.717) is 0 Å². The molecule has 1 aromatic heterocycles. The maximum absolute atomic E-state index is 11.7. The van der Waals surface area contributed by atoms with Gasteiger partial charge in [-0.3, -0.25) is 0 Å². The van der Waals surface area contributed by atoms with Gasteiger partial charge in [0.05, 0.1) is 0 Å². The Balaban J connectivity index is 2.99. The third kappa shape index (κ3) is 1.82. The molecule has 0 spiro atoms. The molecule has 0 saturated carbocycles. The second-order valence-electron chi connectivity index (χ2n) is 1.77. The summed E-state index contributed by atoms with van der Waals surface area (Å²) in [6.07, 6.45) is -4.56. The molecule has 0 N–H and O–H groups in total. The molecule has 1 rings (SSSR count). The molecule has 0 amide bonds. The van der Waals surface area contributed by atoms with Crippen LogP contribution in [0.5, 0.6) is 0 Å². The van der Waals surface area contributed by atoms with Crippen molar-refractivity contribution >= 4 is 0 Å². The molecular weight excluding hydrogens is 161 g/mol. The molecule has 0 atom stereocenters. The monoisotopic (exact) mass is 164 g/mol. The molecule has 0 aliphatic rings. The summed E-state index contributed by atoms with van der Waals surface area (Å²) in [4.78, 5) is 0. The Morgan fingerprint density at radius 3 is 1.82 bits per heavy atom. The van der Waals surface area contributed by atoms with Crippen molar-refractivity contribution in [2.24, 2.45) is 0 Å². The van der Waals surface area contributed by atoms with Crippen LogP contribution >= 0.6 is 0 Å². The quantitative estimate of drug-likeness (QED) is 0.563. The Labute approximate surface area is 59.5 Å². The van der Waals surface area contributed by atoms with Crippen LogP contribution in [0.1, 0.15) is 11.6 Å². The number of alkyl halides is 3. The van der Waals surface area contributed by atoms with Crippen molar-refractivity contribution in [3.8, 4) is 0 Å². The van der Waals surface area contributed by atoms with E-state index in [-0.39, 0.29) is 5.82 Å². The first-order valence-electron chi connectivity index (χ1n) is 2.61. The van der Waals surface area contributed by atoms with Gasteiger partial charge in [-0.1, -0.05) is 0 Å². The molecule has 0 radical (unpaired) electrons. The molecule has 0 aliphatic carbocycles. The van der Waals surface area contributed by atoms with Crippen molar-refractivity contribution in [3.05, 3.63) is 11.6 Å². The van der Waals surface area contributed by atoms with E-state index in [9.17, 15) is 13.2 Å². The molecule has 0 saturated heterocycles. The van der Waals surface area contributed by atoms with Crippen molar-refractivity contribution in [2.75, 3.05) is 0 Å². The molecule has 0 fully saturated rings. The number of hydrogen-bond acceptors (Lipinski definition) is 4. The van der Waals surface area contributed by atoms with Gasteiger partial charge < -0.3 is 0 Å². The van der Waals surface area contributed by atoms with Crippen LogP contribution in [0, 0.1) is 6.92 Å². The highest BCUT2D eigenvalue weighted by molar-refractivity contribution is 4.84. The summed E-state index contributed by atoms with van der Waals surface area (Å²) >= 11 is 0. The van der Waals surface area contributed by atoms with Gasteiger partial charge in [-0.05, 0) is 6.92 Å². The number of aryl methyl sites for hydroxylation is 1. The van der Waals surface area contributed by atoms with Gasteiger partial charge in [-0.15, -0.1) is 20.4 Å². The van der Waals surface area contributed by atoms with Crippen molar-refractivity contribution in [1.82, 2.24) is 20.4 Å². The van der Waals surface area contributed by atoms with Crippen LogP contribution in [0.4, 0.5) is 13.2 Å². The topological polar surface area (TPSA) is 51.6 Å². The van der Waals surface area contributed by atoms with Gasteiger partial charge in [0.1, 0.15) is 0 Å². The fraction of sp³-hybridized carbons (Fsp3) is 0.500. The molecule has 11 heavy (non-hydrogen) atoms. The van der Waals surface area contributed by atoms with Gasteiger partial charge in [-0.2, -0.15) is 13.2 Å². The van der Waals surface area contributed by atoms with Crippen LogP contribution in [-0.2, 0) is 6.18 Å². The van der Waals surface area contributed by atoms with Gasteiger partial charge in [0.15, 0.2) is 5.82 Å². The summed E-state index contributed by atoms with van der Waals surface area (Å²) in [6.45, 7) is 1.40. The summed E-state index contributed by atoms with van der Waals surface area (Å²) in [5, 5.41) is 11.8. The Kier molecular flexibility index (Phi) is 1.71. The van der Waals surface area contributed by atoms with E-state index in [1.165, 1.54) is 6.92 Å². The van der Waals surface area contributed by atoms with Gasteiger partial charge in [0.2, 0.25) is 0 Å². The van der Waals surface area contributed by atoms with Crippen LogP contribution in [0.3, 0.4) is 0 Å². The summed E-state index contributed by atoms with van der Waals surface area (Å²) in [6, 6.07) is 0. The molecule has 4 nitrogen and oxygen atoms in total. The third-order valence-corrected chi connectivity index (χ3v) is 0.832. The average molecular weight is 164 g/mol. The largest absolute Gasteiger partial charge is 0.455 e. The normalized spacial score (nSPS) is 11.6. The first-order chi connectivity index (χ1) is 5.00.